The van der Waals surface area contributed by atoms with Crippen LogP contribution in [0, 0.1) is 11.3 Å². The smallest absolute Gasteiger partial charge is 0.139 e. The van der Waals surface area contributed by atoms with Crippen molar-refractivity contribution in [3.8, 4) is 5.75 Å². The van der Waals surface area contributed by atoms with Crippen molar-refractivity contribution in [1.82, 2.24) is 19.8 Å². The first-order valence-electron chi connectivity index (χ1n) is 16.4. The number of rotatable bonds is 1. The van der Waals surface area contributed by atoms with E-state index in [4.69, 9.17) is 4.98 Å². The molecule has 6 unspecified atom stereocenters. The summed E-state index contributed by atoms with van der Waals surface area (Å²) < 4.78 is 0. The fraction of sp³-hybridized carbons (Fsp3) is 0.528. The maximum atomic E-state index is 13.1. The van der Waals surface area contributed by atoms with Crippen molar-refractivity contribution in [1.29, 1.82) is 0 Å². The first kappa shape index (κ1) is 26.7. The monoisotopic (exact) mass is 564 g/mol. The molecule has 2 aromatic heterocycles. The summed E-state index contributed by atoms with van der Waals surface area (Å²) in [4.78, 5) is 14.1. The van der Waals surface area contributed by atoms with Crippen LogP contribution in [0.3, 0.4) is 0 Å². The minimum atomic E-state index is -0.951. The summed E-state index contributed by atoms with van der Waals surface area (Å²) in [6.07, 6.45) is 24.7. The highest BCUT2D eigenvalue weighted by atomic mass is 16.3. The summed E-state index contributed by atoms with van der Waals surface area (Å²) in [6.45, 7) is 4.33. The molecule has 1 aromatic carbocycles. The van der Waals surface area contributed by atoms with E-state index in [-0.39, 0.29) is 17.2 Å². The molecule has 1 aliphatic carbocycles. The zero-order valence-electron chi connectivity index (χ0n) is 24.6. The molecule has 42 heavy (non-hydrogen) atoms. The van der Waals surface area contributed by atoms with Gasteiger partial charge in [0.1, 0.15) is 5.75 Å². The van der Waals surface area contributed by atoms with Crippen LogP contribution in [0.4, 0.5) is 0 Å². The topological polar surface area (TPSA) is 75.6 Å². The van der Waals surface area contributed by atoms with Gasteiger partial charge in [0.25, 0.3) is 0 Å². The van der Waals surface area contributed by atoms with E-state index in [1.807, 2.05) is 12.3 Å². The van der Waals surface area contributed by atoms with Crippen LogP contribution in [-0.2, 0) is 0 Å². The molecule has 3 bridgehead atoms. The second kappa shape index (κ2) is 10.4. The fourth-order valence-electron chi connectivity index (χ4n) is 9.64. The number of aromatic nitrogens is 2. The van der Waals surface area contributed by atoms with Crippen LogP contribution >= 0.6 is 0 Å². The zero-order valence-corrected chi connectivity index (χ0v) is 24.6. The van der Waals surface area contributed by atoms with Gasteiger partial charge in [0, 0.05) is 35.0 Å². The van der Waals surface area contributed by atoms with Crippen molar-refractivity contribution in [3.05, 3.63) is 66.5 Å². The lowest BCUT2D eigenvalue weighted by Crippen LogP contribution is -2.65. The lowest BCUT2D eigenvalue weighted by Gasteiger charge is -2.58. The Morgan fingerprint density at radius 2 is 1.74 bits per heavy atom. The second-order valence-electron chi connectivity index (χ2n) is 13.7. The Labute approximate surface area is 248 Å². The zero-order chi connectivity index (χ0) is 28.3. The molecular formula is C36H44N4O2. The van der Waals surface area contributed by atoms with Gasteiger partial charge in [-0.3, -0.25) is 9.88 Å². The number of piperidine rings is 1. The van der Waals surface area contributed by atoms with Gasteiger partial charge in [0.05, 0.1) is 28.4 Å². The normalized spacial score (nSPS) is 35.5. The predicted molar refractivity (Wildman–Crippen MR) is 169 cm³/mol. The summed E-state index contributed by atoms with van der Waals surface area (Å²) in [5.41, 5.74) is 2.89. The highest BCUT2D eigenvalue weighted by molar-refractivity contribution is 6.11. The number of fused-ring (bicyclic) bond motifs is 5. The number of aromatic hydroxyl groups is 1. The Kier molecular flexibility index (Phi) is 6.58. The lowest BCUT2D eigenvalue weighted by molar-refractivity contribution is -0.0894. The SMILES string of the molecule is Oc1cccc2c1[nH]c1c(C3=CC4(O)CCC=CCCCCN5CCC3C3(CC6C=CCCCCN6C43)C5)nccc12. The molecular weight excluding hydrogens is 520 g/mol. The standard InChI is InChI=1S/C36H44N4O2/c41-30-14-11-13-26-27-15-18-37-32(33(27)38-31(26)30)28-23-36(42)17-8-4-1-2-5-9-19-39-21-16-29(28)35(24-39)22-25-12-7-3-6-10-20-40(25)34(35)36/h1,4,7,11-15,18,23,25,29,34,38,41-42H,2-3,5-6,8-10,16-17,19-22,24H2. The molecule has 6 nitrogen and oxygen atoms in total. The molecule has 5 aliphatic rings. The second-order valence-corrected chi connectivity index (χ2v) is 13.7. The Bertz CT molecular complexity index is 1590. The molecule has 6 atom stereocenters. The van der Waals surface area contributed by atoms with Crippen molar-refractivity contribution >= 4 is 27.4 Å². The average Bonchev–Trinajstić information content (AvgIpc) is 3.50. The number of phenolic OH excluding ortho intramolecular Hbond substituents is 1. The van der Waals surface area contributed by atoms with Crippen molar-refractivity contribution in [2.24, 2.45) is 11.3 Å². The van der Waals surface area contributed by atoms with Crippen LogP contribution in [0.1, 0.15) is 69.9 Å². The van der Waals surface area contributed by atoms with Crippen LogP contribution in [0.25, 0.3) is 27.4 Å². The quantitative estimate of drug-likeness (QED) is 0.292. The number of allylic oxidation sites excluding steroid dienone is 4. The number of aromatic amines is 1. The van der Waals surface area contributed by atoms with Gasteiger partial charge in [-0.2, -0.15) is 0 Å². The first-order valence-corrected chi connectivity index (χ1v) is 16.4. The van der Waals surface area contributed by atoms with Crippen LogP contribution in [-0.4, -0.2) is 73.8 Å². The van der Waals surface area contributed by atoms with Crippen molar-refractivity contribution < 1.29 is 10.2 Å². The number of para-hydroxylation sites is 1. The fourth-order valence-corrected chi connectivity index (χ4v) is 9.64. The molecule has 2 fully saturated rings. The Morgan fingerprint density at radius 3 is 2.67 bits per heavy atom. The highest BCUT2D eigenvalue weighted by Gasteiger charge is 2.65. The number of nitrogens with zero attached hydrogens (tertiary/aromatic N) is 3. The molecule has 3 N–H and O–H groups in total. The summed E-state index contributed by atoms with van der Waals surface area (Å²) in [7, 11) is 0. The molecule has 0 amide bonds. The van der Waals surface area contributed by atoms with Crippen LogP contribution in [0.15, 0.2) is 60.8 Å². The maximum Gasteiger partial charge on any atom is 0.139 e. The third-order valence-electron chi connectivity index (χ3n) is 11.3. The van der Waals surface area contributed by atoms with E-state index in [1.165, 1.54) is 31.3 Å². The number of phenols is 1. The van der Waals surface area contributed by atoms with Crippen molar-refractivity contribution in [2.75, 3.05) is 26.2 Å². The van der Waals surface area contributed by atoms with E-state index in [0.29, 0.717) is 12.0 Å². The Balaban J connectivity index is 1.35. The van der Waals surface area contributed by atoms with Gasteiger partial charge >= 0.3 is 0 Å². The Morgan fingerprint density at radius 1 is 0.905 bits per heavy atom. The third-order valence-corrected chi connectivity index (χ3v) is 11.3. The minimum absolute atomic E-state index is 0.0494. The van der Waals surface area contributed by atoms with E-state index in [2.05, 4.69) is 57.3 Å². The van der Waals surface area contributed by atoms with Crippen LogP contribution in [0.5, 0.6) is 5.75 Å². The molecule has 6 heterocycles. The highest BCUT2D eigenvalue weighted by Crippen LogP contribution is 2.61. The van der Waals surface area contributed by atoms with E-state index in [9.17, 15) is 10.2 Å². The molecule has 0 radical (unpaired) electrons. The van der Waals surface area contributed by atoms with E-state index >= 15 is 0 Å². The number of H-pyrrole nitrogens is 1. The van der Waals surface area contributed by atoms with Gasteiger partial charge in [-0.1, -0.05) is 36.4 Å². The lowest BCUT2D eigenvalue weighted by atomic mass is 9.54. The molecule has 2 saturated heterocycles. The molecule has 8 rings (SSSR count). The van der Waals surface area contributed by atoms with E-state index in [1.54, 1.807) is 6.07 Å². The Hall–Kier alpha value is -2.93. The minimum Gasteiger partial charge on any atom is -0.506 e. The largest absolute Gasteiger partial charge is 0.506 e. The summed E-state index contributed by atoms with van der Waals surface area (Å²) >= 11 is 0. The number of aliphatic hydroxyl groups is 1. The average molecular weight is 565 g/mol. The third kappa shape index (κ3) is 4.13. The number of hydrogen-bond acceptors (Lipinski definition) is 5. The molecule has 6 heteroatoms. The van der Waals surface area contributed by atoms with Gasteiger partial charge in [0.15, 0.2) is 0 Å². The number of pyridine rings is 1. The first-order chi connectivity index (χ1) is 20.6. The predicted octanol–water partition coefficient (Wildman–Crippen LogP) is 6.56. The van der Waals surface area contributed by atoms with Crippen molar-refractivity contribution in [3.63, 3.8) is 0 Å². The molecule has 0 saturated carbocycles. The number of nitrogens with one attached hydrogen (secondary N) is 1. The van der Waals surface area contributed by atoms with Gasteiger partial charge < -0.3 is 20.1 Å². The van der Waals surface area contributed by atoms with Gasteiger partial charge in [-0.05, 0) is 114 Å². The molecule has 220 valence electrons. The van der Waals surface area contributed by atoms with Crippen molar-refractivity contribution in [2.45, 2.75) is 81.9 Å². The van der Waals surface area contributed by atoms with Gasteiger partial charge in [-0.25, -0.2) is 0 Å². The van der Waals surface area contributed by atoms with Crippen LogP contribution in [0.2, 0.25) is 0 Å². The van der Waals surface area contributed by atoms with Gasteiger partial charge in [0.2, 0.25) is 0 Å². The molecule has 4 aliphatic heterocycles. The number of hydrogen-bond donors (Lipinski definition) is 3. The molecule has 1 spiro atoms. The maximum absolute atomic E-state index is 13.1. The van der Waals surface area contributed by atoms with Crippen LogP contribution < -0.4 is 0 Å². The summed E-state index contributed by atoms with van der Waals surface area (Å²) in [5.74, 6) is 0.581. The van der Waals surface area contributed by atoms with Gasteiger partial charge in [-0.15, -0.1) is 0 Å². The summed E-state index contributed by atoms with van der Waals surface area (Å²) in [6, 6.07) is 8.24. The van der Waals surface area contributed by atoms with E-state index < -0.39 is 5.60 Å². The molecule has 3 aromatic rings. The number of benzene rings is 1. The summed E-state index contributed by atoms with van der Waals surface area (Å²) in [5, 5.41) is 25.9. The van der Waals surface area contributed by atoms with E-state index in [0.717, 1.165) is 92.2 Å².